The first-order valence-corrected chi connectivity index (χ1v) is 8.29. The van der Waals surface area contributed by atoms with E-state index >= 15 is 0 Å². The number of hydrogen-bond acceptors (Lipinski definition) is 4. The van der Waals surface area contributed by atoms with Gasteiger partial charge in [0, 0.05) is 36.2 Å². The number of hydrogen-bond donors (Lipinski definition) is 1. The average Bonchev–Trinajstić information content (AvgIpc) is 3.10. The van der Waals surface area contributed by atoms with Crippen LogP contribution in [0.2, 0.25) is 0 Å². The molecule has 2 N–H and O–H groups in total. The molecule has 1 saturated carbocycles. The van der Waals surface area contributed by atoms with E-state index in [0.29, 0.717) is 6.04 Å². The van der Waals surface area contributed by atoms with Crippen molar-refractivity contribution in [2.75, 3.05) is 0 Å². The van der Waals surface area contributed by atoms with Crippen molar-refractivity contribution in [2.45, 2.75) is 57.5 Å². The zero-order chi connectivity index (χ0) is 13.9. The number of rotatable bonds is 5. The fraction of sp³-hybridized carbons (Fsp3) is 0.600. The van der Waals surface area contributed by atoms with Gasteiger partial charge in [0.05, 0.1) is 16.7 Å². The molecule has 1 unspecified atom stereocenters. The van der Waals surface area contributed by atoms with E-state index in [-0.39, 0.29) is 6.04 Å². The van der Waals surface area contributed by atoms with Gasteiger partial charge in [0.2, 0.25) is 0 Å². The highest BCUT2D eigenvalue weighted by molar-refractivity contribution is 7.09. The average molecular weight is 290 g/mol. The molecular weight excluding hydrogens is 268 g/mol. The van der Waals surface area contributed by atoms with Crippen LogP contribution in [0.15, 0.2) is 17.6 Å². The molecule has 0 bridgehead atoms. The second kappa shape index (κ2) is 6.06. The molecule has 0 radical (unpaired) electrons. The first-order chi connectivity index (χ1) is 9.70. The van der Waals surface area contributed by atoms with E-state index < -0.39 is 0 Å². The van der Waals surface area contributed by atoms with Crippen molar-refractivity contribution >= 4 is 11.3 Å². The molecule has 1 fully saturated rings. The third-order valence-corrected chi connectivity index (χ3v) is 4.93. The lowest BCUT2D eigenvalue weighted by molar-refractivity contribution is 0.461. The van der Waals surface area contributed by atoms with Gasteiger partial charge in [-0.15, -0.1) is 11.3 Å². The molecule has 0 amide bonds. The van der Waals surface area contributed by atoms with Crippen LogP contribution in [0.5, 0.6) is 0 Å². The van der Waals surface area contributed by atoms with Gasteiger partial charge in [-0.3, -0.25) is 4.68 Å². The quantitative estimate of drug-likeness (QED) is 0.921. The molecule has 0 spiro atoms. The lowest BCUT2D eigenvalue weighted by atomic mass is 10.1. The molecule has 1 aliphatic rings. The van der Waals surface area contributed by atoms with Crippen molar-refractivity contribution in [1.29, 1.82) is 0 Å². The Labute approximate surface area is 124 Å². The normalized spacial score (nSPS) is 17.7. The summed E-state index contributed by atoms with van der Waals surface area (Å²) in [6.07, 6.45) is 9.00. The highest BCUT2D eigenvalue weighted by atomic mass is 32.1. The Balaban J connectivity index is 1.57. The Kier molecular flexibility index (Phi) is 4.17. The van der Waals surface area contributed by atoms with E-state index in [1.165, 1.54) is 25.7 Å². The third kappa shape index (κ3) is 3.27. The zero-order valence-electron chi connectivity index (χ0n) is 12.0. The van der Waals surface area contributed by atoms with E-state index in [0.717, 1.165) is 29.2 Å². The summed E-state index contributed by atoms with van der Waals surface area (Å²) in [4.78, 5) is 4.47. The third-order valence-electron chi connectivity index (χ3n) is 3.94. The van der Waals surface area contributed by atoms with Gasteiger partial charge in [-0.1, -0.05) is 12.8 Å². The van der Waals surface area contributed by atoms with Gasteiger partial charge < -0.3 is 5.73 Å². The minimum Gasteiger partial charge on any atom is -0.327 e. The van der Waals surface area contributed by atoms with Gasteiger partial charge in [-0.2, -0.15) is 5.10 Å². The Morgan fingerprint density at radius 2 is 2.20 bits per heavy atom. The summed E-state index contributed by atoms with van der Waals surface area (Å²) in [5, 5.41) is 7.91. The van der Waals surface area contributed by atoms with Gasteiger partial charge in [0.1, 0.15) is 0 Å². The zero-order valence-corrected chi connectivity index (χ0v) is 12.8. The van der Waals surface area contributed by atoms with Gasteiger partial charge >= 0.3 is 0 Å². The highest BCUT2D eigenvalue weighted by Crippen LogP contribution is 2.28. The van der Waals surface area contributed by atoms with Crippen molar-refractivity contribution in [3.8, 4) is 0 Å². The predicted octanol–water partition coefficient (Wildman–Crippen LogP) is 2.88. The summed E-state index contributed by atoms with van der Waals surface area (Å²) in [5.41, 5.74) is 8.42. The number of aryl methyl sites for hydroxylation is 1. The Morgan fingerprint density at radius 3 is 2.90 bits per heavy atom. The Morgan fingerprint density at radius 1 is 1.40 bits per heavy atom. The van der Waals surface area contributed by atoms with Gasteiger partial charge in [-0.25, -0.2) is 4.98 Å². The Bertz CT molecular complexity index is 554. The summed E-state index contributed by atoms with van der Waals surface area (Å²) < 4.78 is 2.14. The molecule has 2 aromatic rings. The summed E-state index contributed by atoms with van der Waals surface area (Å²) in [6.45, 7) is 2.02. The monoisotopic (exact) mass is 290 g/mol. The van der Waals surface area contributed by atoms with Gasteiger partial charge in [0.15, 0.2) is 0 Å². The maximum atomic E-state index is 6.23. The first kappa shape index (κ1) is 13.8. The van der Waals surface area contributed by atoms with Crippen molar-refractivity contribution in [3.05, 3.63) is 34.0 Å². The lowest BCUT2D eigenvalue weighted by Crippen LogP contribution is -2.25. The van der Waals surface area contributed by atoms with E-state index in [2.05, 4.69) is 27.3 Å². The first-order valence-electron chi connectivity index (χ1n) is 7.41. The number of nitrogens with two attached hydrogens (primary N) is 1. The summed E-state index contributed by atoms with van der Waals surface area (Å²) >= 11 is 1.70. The topological polar surface area (TPSA) is 56.7 Å². The second-order valence-corrected chi connectivity index (χ2v) is 6.72. The van der Waals surface area contributed by atoms with Crippen LogP contribution >= 0.6 is 11.3 Å². The maximum absolute atomic E-state index is 6.23. The largest absolute Gasteiger partial charge is 0.327 e. The SMILES string of the molecule is Cc1csc(CC(N)Cc2ccn(C3CCCC3)n2)n1. The molecule has 2 heterocycles. The van der Waals surface area contributed by atoms with Crippen molar-refractivity contribution in [2.24, 2.45) is 5.73 Å². The molecule has 4 nitrogen and oxygen atoms in total. The van der Waals surface area contributed by atoms with Crippen LogP contribution in [-0.2, 0) is 12.8 Å². The summed E-state index contributed by atoms with van der Waals surface area (Å²) in [6, 6.07) is 2.83. The molecule has 2 aromatic heterocycles. The molecule has 20 heavy (non-hydrogen) atoms. The number of nitrogens with zero attached hydrogens (tertiary/aromatic N) is 3. The number of thiazole rings is 1. The fourth-order valence-electron chi connectivity index (χ4n) is 2.92. The smallest absolute Gasteiger partial charge is 0.0943 e. The molecule has 0 saturated heterocycles. The Hall–Kier alpha value is -1.20. The van der Waals surface area contributed by atoms with Gasteiger partial charge in [-0.05, 0) is 25.8 Å². The molecule has 1 aliphatic carbocycles. The second-order valence-electron chi connectivity index (χ2n) is 5.78. The van der Waals surface area contributed by atoms with Crippen molar-refractivity contribution in [3.63, 3.8) is 0 Å². The minimum absolute atomic E-state index is 0.104. The van der Waals surface area contributed by atoms with Crippen LogP contribution < -0.4 is 5.73 Å². The molecule has 108 valence electrons. The molecule has 0 aromatic carbocycles. The van der Waals surface area contributed by atoms with Crippen LogP contribution in [0.25, 0.3) is 0 Å². The van der Waals surface area contributed by atoms with E-state index in [4.69, 9.17) is 10.8 Å². The van der Waals surface area contributed by atoms with Crippen LogP contribution in [0, 0.1) is 6.92 Å². The van der Waals surface area contributed by atoms with E-state index in [1.807, 2.05) is 6.92 Å². The van der Waals surface area contributed by atoms with E-state index in [9.17, 15) is 0 Å². The van der Waals surface area contributed by atoms with Crippen molar-refractivity contribution < 1.29 is 0 Å². The highest BCUT2D eigenvalue weighted by Gasteiger charge is 2.18. The van der Waals surface area contributed by atoms with Crippen molar-refractivity contribution in [1.82, 2.24) is 14.8 Å². The lowest BCUT2D eigenvalue weighted by Gasteiger charge is -2.10. The molecule has 3 rings (SSSR count). The van der Waals surface area contributed by atoms with Crippen LogP contribution in [0.4, 0.5) is 0 Å². The minimum atomic E-state index is 0.104. The standard InChI is InChI=1S/C15H22N4S/c1-11-10-20-15(17-11)9-12(16)8-13-6-7-19(18-13)14-4-2-3-5-14/h6-7,10,12,14H,2-5,8-9,16H2,1H3. The van der Waals surface area contributed by atoms with E-state index in [1.54, 1.807) is 11.3 Å². The van der Waals surface area contributed by atoms with Crippen LogP contribution in [-0.4, -0.2) is 20.8 Å². The molecular formula is C15H22N4S. The predicted molar refractivity (Wildman–Crippen MR) is 82.0 cm³/mol. The van der Waals surface area contributed by atoms with Crippen LogP contribution in [0.1, 0.15) is 48.1 Å². The summed E-state index contributed by atoms with van der Waals surface area (Å²) in [7, 11) is 0. The van der Waals surface area contributed by atoms with Crippen LogP contribution in [0.3, 0.4) is 0 Å². The summed E-state index contributed by atoms with van der Waals surface area (Å²) in [5.74, 6) is 0. The molecule has 1 atom stereocenters. The number of aromatic nitrogens is 3. The molecule has 0 aliphatic heterocycles. The van der Waals surface area contributed by atoms with Gasteiger partial charge in [0.25, 0.3) is 0 Å². The maximum Gasteiger partial charge on any atom is 0.0943 e. The molecule has 5 heteroatoms. The fourth-order valence-corrected chi connectivity index (χ4v) is 3.79.